The standard InChI is InChI=1S/C17H13N3O4/c21-15(17-20-19-16(24-17)11-4-2-1-3-5-11)18-12-6-7-13-14(10-12)23-9-8-22-13/h1-7,10H,8-9H2,(H,18,21). The second kappa shape index (κ2) is 6.04. The summed E-state index contributed by atoms with van der Waals surface area (Å²) in [6.45, 7) is 0.997. The number of aromatic nitrogens is 2. The maximum atomic E-state index is 12.2. The number of rotatable bonds is 3. The Labute approximate surface area is 137 Å². The lowest BCUT2D eigenvalue weighted by molar-refractivity contribution is 0.0990. The van der Waals surface area contributed by atoms with Gasteiger partial charge in [-0.15, -0.1) is 10.2 Å². The molecule has 0 fully saturated rings. The Bertz CT molecular complexity index is 877. The summed E-state index contributed by atoms with van der Waals surface area (Å²) in [4.78, 5) is 12.2. The van der Waals surface area contributed by atoms with Gasteiger partial charge in [-0.25, -0.2) is 0 Å². The third-order valence-corrected chi connectivity index (χ3v) is 3.44. The van der Waals surface area contributed by atoms with Gasteiger partial charge in [0.15, 0.2) is 11.5 Å². The van der Waals surface area contributed by atoms with Gasteiger partial charge in [0.2, 0.25) is 5.89 Å². The number of hydrogen-bond donors (Lipinski definition) is 1. The number of ether oxygens (including phenoxy) is 2. The van der Waals surface area contributed by atoms with Crippen LogP contribution < -0.4 is 14.8 Å². The van der Waals surface area contributed by atoms with Gasteiger partial charge >= 0.3 is 11.8 Å². The summed E-state index contributed by atoms with van der Waals surface area (Å²) in [6, 6.07) is 14.4. The molecule has 1 aromatic heterocycles. The van der Waals surface area contributed by atoms with Gasteiger partial charge in [-0.1, -0.05) is 18.2 Å². The molecule has 2 heterocycles. The SMILES string of the molecule is O=C(Nc1ccc2c(c1)OCCO2)c1nnc(-c2ccccc2)o1. The number of carbonyl (C=O) groups excluding carboxylic acids is 1. The van der Waals surface area contributed by atoms with Crippen LogP contribution in [0, 0.1) is 0 Å². The summed E-state index contributed by atoms with van der Waals surface area (Å²) in [7, 11) is 0. The second-order valence-corrected chi connectivity index (χ2v) is 5.09. The van der Waals surface area contributed by atoms with E-state index in [4.69, 9.17) is 13.9 Å². The smallest absolute Gasteiger partial charge is 0.313 e. The lowest BCUT2D eigenvalue weighted by atomic mass is 10.2. The van der Waals surface area contributed by atoms with Crippen LogP contribution in [0.25, 0.3) is 11.5 Å². The molecule has 0 bridgehead atoms. The summed E-state index contributed by atoms with van der Waals surface area (Å²) >= 11 is 0. The number of hydrogen-bond acceptors (Lipinski definition) is 6. The number of carbonyl (C=O) groups is 1. The van der Waals surface area contributed by atoms with E-state index in [0.717, 1.165) is 5.56 Å². The van der Waals surface area contributed by atoms with E-state index >= 15 is 0 Å². The normalized spacial score (nSPS) is 12.7. The van der Waals surface area contributed by atoms with Crippen molar-refractivity contribution in [1.82, 2.24) is 10.2 Å². The topological polar surface area (TPSA) is 86.5 Å². The Morgan fingerprint density at radius 1 is 0.958 bits per heavy atom. The van der Waals surface area contributed by atoms with Gasteiger partial charge in [0.1, 0.15) is 13.2 Å². The largest absolute Gasteiger partial charge is 0.486 e. The van der Waals surface area contributed by atoms with Gasteiger partial charge in [0.25, 0.3) is 0 Å². The molecule has 24 heavy (non-hydrogen) atoms. The third kappa shape index (κ3) is 2.79. The van der Waals surface area contributed by atoms with E-state index in [2.05, 4.69) is 15.5 Å². The quantitative estimate of drug-likeness (QED) is 0.797. The minimum Gasteiger partial charge on any atom is -0.486 e. The number of fused-ring (bicyclic) bond motifs is 1. The fourth-order valence-electron chi connectivity index (χ4n) is 2.32. The van der Waals surface area contributed by atoms with Gasteiger partial charge in [-0.3, -0.25) is 4.79 Å². The van der Waals surface area contributed by atoms with E-state index < -0.39 is 5.91 Å². The molecule has 0 aliphatic carbocycles. The van der Waals surface area contributed by atoms with Crippen LogP contribution in [0.2, 0.25) is 0 Å². The maximum Gasteiger partial charge on any atom is 0.313 e. The first-order valence-corrected chi connectivity index (χ1v) is 7.39. The minimum atomic E-state index is -0.485. The van der Waals surface area contributed by atoms with Crippen LogP contribution in [-0.2, 0) is 0 Å². The first kappa shape index (κ1) is 14.3. The van der Waals surface area contributed by atoms with Gasteiger partial charge in [-0.2, -0.15) is 0 Å². The summed E-state index contributed by atoms with van der Waals surface area (Å²) in [5.41, 5.74) is 1.31. The fourth-order valence-corrected chi connectivity index (χ4v) is 2.32. The number of benzene rings is 2. The highest BCUT2D eigenvalue weighted by molar-refractivity contribution is 6.01. The molecular weight excluding hydrogens is 310 g/mol. The van der Waals surface area contributed by atoms with Crippen molar-refractivity contribution in [1.29, 1.82) is 0 Å². The molecule has 0 unspecified atom stereocenters. The highest BCUT2D eigenvalue weighted by Crippen LogP contribution is 2.32. The first-order valence-electron chi connectivity index (χ1n) is 7.39. The summed E-state index contributed by atoms with van der Waals surface area (Å²) in [5.74, 6) is 0.950. The Morgan fingerprint density at radius 2 is 1.75 bits per heavy atom. The number of amides is 1. The van der Waals surface area contributed by atoms with Crippen molar-refractivity contribution in [2.75, 3.05) is 18.5 Å². The van der Waals surface area contributed by atoms with E-state index in [1.807, 2.05) is 30.3 Å². The molecule has 1 N–H and O–H groups in total. The Balaban J connectivity index is 1.51. The second-order valence-electron chi connectivity index (χ2n) is 5.09. The molecule has 3 aromatic rings. The van der Waals surface area contributed by atoms with Crippen LogP contribution in [-0.4, -0.2) is 29.3 Å². The molecule has 2 aromatic carbocycles. The number of nitrogens with zero attached hydrogens (tertiary/aromatic N) is 2. The molecule has 1 aliphatic rings. The lowest BCUT2D eigenvalue weighted by Gasteiger charge is -2.18. The molecule has 4 rings (SSSR count). The Morgan fingerprint density at radius 3 is 2.58 bits per heavy atom. The summed E-state index contributed by atoms with van der Waals surface area (Å²) in [5, 5.41) is 10.4. The van der Waals surface area contributed by atoms with Crippen LogP contribution in [0.5, 0.6) is 11.5 Å². The monoisotopic (exact) mass is 323 g/mol. The van der Waals surface area contributed by atoms with Crippen molar-refractivity contribution < 1.29 is 18.7 Å². The molecule has 0 saturated carbocycles. The van der Waals surface area contributed by atoms with Crippen molar-refractivity contribution in [3.63, 3.8) is 0 Å². The van der Waals surface area contributed by atoms with Crippen molar-refractivity contribution in [3.05, 3.63) is 54.4 Å². The van der Waals surface area contributed by atoms with Crippen molar-refractivity contribution in [3.8, 4) is 23.0 Å². The fraction of sp³-hybridized carbons (Fsp3) is 0.118. The van der Waals surface area contributed by atoms with Gasteiger partial charge in [-0.05, 0) is 24.3 Å². The molecule has 7 nitrogen and oxygen atoms in total. The first-order chi connectivity index (χ1) is 11.8. The molecule has 0 radical (unpaired) electrons. The lowest BCUT2D eigenvalue weighted by Crippen LogP contribution is -2.16. The summed E-state index contributed by atoms with van der Waals surface area (Å²) in [6.07, 6.45) is 0. The third-order valence-electron chi connectivity index (χ3n) is 3.44. The molecule has 120 valence electrons. The predicted octanol–water partition coefficient (Wildman–Crippen LogP) is 2.76. The molecule has 7 heteroatoms. The van der Waals surface area contributed by atoms with Crippen LogP contribution in [0.3, 0.4) is 0 Å². The zero-order valence-corrected chi connectivity index (χ0v) is 12.6. The highest BCUT2D eigenvalue weighted by atomic mass is 16.6. The van der Waals surface area contributed by atoms with Crippen molar-refractivity contribution in [2.45, 2.75) is 0 Å². The molecule has 0 saturated heterocycles. The van der Waals surface area contributed by atoms with E-state index in [0.29, 0.717) is 36.3 Å². The van der Waals surface area contributed by atoms with Gasteiger partial charge < -0.3 is 19.2 Å². The highest BCUT2D eigenvalue weighted by Gasteiger charge is 2.18. The predicted molar refractivity (Wildman–Crippen MR) is 85.1 cm³/mol. The molecular formula is C17H13N3O4. The Hall–Kier alpha value is -3.35. The zero-order chi connectivity index (χ0) is 16.4. The van der Waals surface area contributed by atoms with Crippen LogP contribution in [0.4, 0.5) is 5.69 Å². The minimum absolute atomic E-state index is 0.108. The van der Waals surface area contributed by atoms with Crippen LogP contribution >= 0.6 is 0 Å². The summed E-state index contributed by atoms with van der Waals surface area (Å²) < 4.78 is 16.4. The van der Waals surface area contributed by atoms with E-state index in [1.54, 1.807) is 18.2 Å². The van der Waals surface area contributed by atoms with Crippen molar-refractivity contribution in [2.24, 2.45) is 0 Å². The van der Waals surface area contributed by atoms with Gasteiger partial charge in [0, 0.05) is 17.3 Å². The molecule has 1 amide bonds. The zero-order valence-electron chi connectivity index (χ0n) is 12.6. The Kier molecular flexibility index (Phi) is 3.59. The maximum absolute atomic E-state index is 12.2. The molecule has 1 aliphatic heterocycles. The van der Waals surface area contributed by atoms with Gasteiger partial charge in [0.05, 0.1) is 0 Å². The van der Waals surface area contributed by atoms with Crippen molar-refractivity contribution >= 4 is 11.6 Å². The van der Waals surface area contributed by atoms with Crippen LogP contribution in [0.1, 0.15) is 10.7 Å². The number of nitrogens with one attached hydrogen (secondary N) is 1. The van der Waals surface area contributed by atoms with Crippen LogP contribution in [0.15, 0.2) is 52.9 Å². The molecule has 0 atom stereocenters. The average molecular weight is 323 g/mol. The van der Waals surface area contributed by atoms with E-state index in [9.17, 15) is 4.79 Å². The van der Waals surface area contributed by atoms with E-state index in [-0.39, 0.29) is 5.89 Å². The molecule has 0 spiro atoms. The average Bonchev–Trinajstić information content (AvgIpc) is 3.13. The number of anilines is 1. The van der Waals surface area contributed by atoms with E-state index in [1.165, 1.54) is 0 Å².